The normalized spacial score (nSPS) is 19.0. The Balaban J connectivity index is 2.11. The Morgan fingerprint density at radius 1 is 1.39 bits per heavy atom. The lowest BCUT2D eigenvalue weighted by atomic mass is 10.1. The van der Waals surface area contributed by atoms with Crippen LogP contribution in [0, 0.1) is 0 Å². The Morgan fingerprint density at radius 3 is 2.74 bits per heavy atom. The van der Waals surface area contributed by atoms with Gasteiger partial charge in [0.25, 0.3) is 0 Å². The third-order valence-corrected chi connectivity index (χ3v) is 6.49. The number of hydrogen-bond acceptors (Lipinski definition) is 3. The number of amides is 1. The van der Waals surface area contributed by atoms with Crippen molar-refractivity contribution in [3.63, 3.8) is 0 Å². The summed E-state index contributed by atoms with van der Waals surface area (Å²) in [5.74, 6) is -0.0764. The number of halogens is 1. The van der Waals surface area contributed by atoms with Gasteiger partial charge in [0, 0.05) is 25.2 Å². The third-order valence-electron chi connectivity index (χ3n) is 4.05. The molecule has 0 spiro atoms. The molecule has 1 aliphatic heterocycles. The number of benzene rings is 1. The first kappa shape index (κ1) is 18.2. The summed E-state index contributed by atoms with van der Waals surface area (Å²) < 4.78 is 26.0. The predicted octanol–water partition coefficient (Wildman–Crippen LogP) is 2.50. The fourth-order valence-corrected chi connectivity index (χ4v) is 4.85. The molecule has 0 N–H and O–H groups in total. The van der Waals surface area contributed by atoms with Crippen molar-refractivity contribution in [3.8, 4) is 0 Å². The Labute approximate surface area is 143 Å². The molecular weight excluding hydrogens is 336 g/mol. The summed E-state index contributed by atoms with van der Waals surface area (Å²) >= 11 is 6.13. The second kappa shape index (κ2) is 7.64. The average Bonchev–Trinajstić information content (AvgIpc) is 2.99. The minimum Gasteiger partial charge on any atom is -0.340 e. The van der Waals surface area contributed by atoms with Crippen LogP contribution in [0.5, 0.6) is 0 Å². The maximum absolute atomic E-state index is 12.7. The Kier molecular flexibility index (Phi) is 6.06. The lowest BCUT2D eigenvalue weighted by Crippen LogP contribution is -2.46. The van der Waals surface area contributed by atoms with E-state index in [1.165, 1.54) is 4.31 Å². The molecule has 0 saturated carbocycles. The molecule has 128 valence electrons. The van der Waals surface area contributed by atoms with Gasteiger partial charge >= 0.3 is 0 Å². The van der Waals surface area contributed by atoms with E-state index in [-0.39, 0.29) is 11.7 Å². The van der Waals surface area contributed by atoms with Crippen molar-refractivity contribution >= 4 is 27.5 Å². The molecule has 2 rings (SSSR count). The van der Waals surface area contributed by atoms with E-state index in [0.29, 0.717) is 31.0 Å². The van der Waals surface area contributed by atoms with Crippen molar-refractivity contribution in [2.45, 2.75) is 38.8 Å². The van der Waals surface area contributed by atoms with Crippen LogP contribution in [0.2, 0.25) is 5.02 Å². The highest BCUT2D eigenvalue weighted by Gasteiger charge is 2.39. The highest BCUT2D eigenvalue weighted by atomic mass is 35.5. The highest BCUT2D eigenvalue weighted by molar-refractivity contribution is 7.89. The number of carbonyl (C=O) groups is 1. The van der Waals surface area contributed by atoms with Crippen molar-refractivity contribution in [1.29, 1.82) is 0 Å². The fraction of sp³-hybridized carbons (Fsp3) is 0.562. The zero-order valence-corrected chi connectivity index (χ0v) is 15.1. The van der Waals surface area contributed by atoms with Crippen molar-refractivity contribution in [2.75, 3.05) is 19.3 Å². The van der Waals surface area contributed by atoms with Crippen LogP contribution >= 0.6 is 11.6 Å². The van der Waals surface area contributed by atoms with E-state index in [0.717, 1.165) is 12.0 Å². The molecule has 1 amide bonds. The molecule has 1 fully saturated rings. The molecule has 5 nitrogen and oxygen atoms in total. The van der Waals surface area contributed by atoms with Gasteiger partial charge < -0.3 is 4.90 Å². The molecule has 1 heterocycles. The second-order valence-corrected chi connectivity index (χ2v) is 8.32. The van der Waals surface area contributed by atoms with E-state index in [9.17, 15) is 13.2 Å². The van der Waals surface area contributed by atoms with E-state index in [1.54, 1.807) is 18.0 Å². The lowest BCUT2D eigenvalue weighted by Gasteiger charge is -2.27. The maximum Gasteiger partial charge on any atom is 0.241 e. The zero-order valence-electron chi connectivity index (χ0n) is 13.5. The molecule has 0 radical (unpaired) electrons. The molecule has 7 heteroatoms. The number of nitrogens with zero attached hydrogens (tertiary/aromatic N) is 2. The van der Waals surface area contributed by atoms with E-state index >= 15 is 0 Å². The zero-order chi connectivity index (χ0) is 17.0. The molecule has 0 bridgehead atoms. The van der Waals surface area contributed by atoms with Crippen molar-refractivity contribution in [1.82, 2.24) is 9.21 Å². The van der Waals surface area contributed by atoms with Crippen LogP contribution in [0.15, 0.2) is 24.3 Å². The number of carbonyl (C=O) groups excluding carboxylic acids is 1. The molecule has 1 aliphatic rings. The van der Waals surface area contributed by atoms with E-state index < -0.39 is 16.1 Å². The van der Waals surface area contributed by atoms with Gasteiger partial charge in [0.2, 0.25) is 15.9 Å². The summed E-state index contributed by atoms with van der Waals surface area (Å²) in [6.45, 7) is 2.63. The largest absolute Gasteiger partial charge is 0.340 e. The van der Waals surface area contributed by atoms with Crippen LogP contribution in [0.25, 0.3) is 0 Å². The lowest BCUT2D eigenvalue weighted by molar-refractivity contribution is -0.133. The van der Waals surface area contributed by atoms with Crippen LogP contribution in [-0.4, -0.2) is 48.9 Å². The van der Waals surface area contributed by atoms with Gasteiger partial charge in [-0.05, 0) is 30.9 Å². The molecule has 23 heavy (non-hydrogen) atoms. The van der Waals surface area contributed by atoms with Gasteiger partial charge in [-0.25, -0.2) is 8.42 Å². The van der Waals surface area contributed by atoms with Crippen molar-refractivity contribution in [2.24, 2.45) is 0 Å². The third kappa shape index (κ3) is 4.25. The molecule has 1 atom stereocenters. The molecule has 1 aromatic rings. The molecule has 1 unspecified atom stereocenters. The standard InChI is InChI=1S/C16H23ClN2O3S/c1-3-11-23(21,22)19-10-6-9-15(19)16(20)18(2)12-13-7-4-5-8-14(13)17/h4-5,7-8,15H,3,6,9-12H2,1-2H3. The minimum atomic E-state index is -3.36. The fourth-order valence-electron chi connectivity index (χ4n) is 2.91. The van der Waals surface area contributed by atoms with E-state index in [2.05, 4.69) is 0 Å². The summed E-state index contributed by atoms with van der Waals surface area (Å²) in [7, 11) is -1.67. The van der Waals surface area contributed by atoms with Gasteiger partial charge in [-0.15, -0.1) is 0 Å². The van der Waals surface area contributed by atoms with Gasteiger partial charge in [-0.3, -0.25) is 4.79 Å². The Morgan fingerprint density at radius 2 is 2.09 bits per heavy atom. The summed E-state index contributed by atoms with van der Waals surface area (Å²) in [5, 5.41) is 0.606. The number of sulfonamides is 1. The summed E-state index contributed by atoms with van der Waals surface area (Å²) in [6, 6.07) is 6.77. The van der Waals surface area contributed by atoms with Crippen molar-refractivity contribution < 1.29 is 13.2 Å². The summed E-state index contributed by atoms with van der Waals surface area (Å²) in [6.07, 6.45) is 1.85. The topological polar surface area (TPSA) is 57.7 Å². The van der Waals surface area contributed by atoms with Gasteiger partial charge in [0.1, 0.15) is 6.04 Å². The van der Waals surface area contributed by atoms with Gasteiger partial charge in [0.05, 0.1) is 5.75 Å². The number of likely N-dealkylation sites (N-methyl/N-ethyl adjacent to an activating group) is 1. The minimum absolute atomic E-state index is 0.0883. The van der Waals surface area contributed by atoms with Gasteiger partial charge in [0.15, 0.2) is 0 Å². The van der Waals surface area contributed by atoms with Crippen LogP contribution in [0.4, 0.5) is 0 Å². The van der Waals surface area contributed by atoms with Gasteiger partial charge in [-0.1, -0.05) is 36.7 Å². The molecule has 0 aliphatic carbocycles. The quantitative estimate of drug-likeness (QED) is 0.785. The van der Waals surface area contributed by atoms with Crippen molar-refractivity contribution in [3.05, 3.63) is 34.9 Å². The monoisotopic (exact) mass is 358 g/mol. The van der Waals surface area contributed by atoms with Crippen LogP contribution in [0.3, 0.4) is 0 Å². The SMILES string of the molecule is CCCS(=O)(=O)N1CCCC1C(=O)N(C)Cc1ccccc1Cl. The molecule has 1 aromatic carbocycles. The summed E-state index contributed by atoms with van der Waals surface area (Å²) in [4.78, 5) is 14.3. The van der Waals surface area contributed by atoms with Gasteiger partial charge in [-0.2, -0.15) is 4.31 Å². The second-order valence-electron chi connectivity index (χ2n) is 5.87. The predicted molar refractivity (Wildman–Crippen MR) is 91.7 cm³/mol. The average molecular weight is 359 g/mol. The van der Waals surface area contributed by atoms with E-state index in [1.807, 2.05) is 25.1 Å². The van der Waals surface area contributed by atoms with Crippen LogP contribution in [-0.2, 0) is 21.4 Å². The number of hydrogen-bond donors (Lipinski definition) is 0. The van der Waals surface area contributed by atoms with E-state index in [4.69, 9.17) is 11.6 Å². The first-order valence-electron chi connectivity index (χ1n) is 7.84. The maximum atomic E-state index is 12.7. The molecule has 0 aromatic heterocycles. The Bertz CT molecular complexity index is 663. The van der Waals surface area contributed by atoms with Crippen LogP contribution in [0.1, 0.15) is 31.7 Å². The molecule has 1 saturated heterocycles. The highest BCUT2D eigenvalue weighted by Crippen LogP contribution is 2.24. The first-order chi connectivity index (χ1) is 10.9. The first-order valence-corrected chi connectivity index (χ1v) is 9.83. The summed E-state index contributed by atoms with van der Waals surface area (Å²) in [5.41, 5.74) is 0.853. The smallest absolute Gasteiger partial charge is 0.241 e. The number of rotatable bonds is 6. The van der Waals surface area contributed by atoms with Crippen LogP contribution < -0.4 is 0 Å². The Hall–Kier alpha value is -1.11. The molecular formula is C16H23ClN2O3S.